The van der Waals surface area contributed by atoms with E-state index in [0.717, 1.165) is 16.7 Å². The first-order valence-electron chi connectivity index (χ1n) is 14.1. The van der Waals surface area contributed by atoms with Crippen LogP contribution >= 0.6 is 50.9 Å². The van der Waals surface area contributed by atoms with Gasteiger partial charge in [0.25, 0.3) is 0 Å². The minimum atomic E-state index is -0.640. The minimum Gasteiger partial charge on any atom is -0.490 e. The van der Waals surface area contributed by atoms with Crippen molar-refractivity contribution < 1.29 is 19.0 Å². The summed E-state index contributed by atoms with van der Waals surface area (Å²) >= 11 is 17.6. The number of carbonyl (C=O) groups is 1. The largest absolute Gasteiger partial charge is 0.490 e. The van der Waals surface area contributed by atoms with Crippen LogP contribution in [-0.2, 0) is 21.9 Å². The average Bonchev–Trinajstić information content (AvgIpc) is 3.41. The second-order valence-electron chi connectivity index (χ2n) is 9.92. The molecular formula is C32H31BrCl2N4O4S. The van der Waals surface area contributed by atoms with Crippen LogP contribution in [0.1, 0.15) is 49.9 Å². The van der Waals surface area contributed by atoms with Crippen LogP contribution in [0.4, 0.5) is 5.95 Å². The van der Waals surface area contributed by atoms with Crippen molar-refractivity contribution in [2.24, 2.45) is 0 Å². The molecule has 0 amide bonds. The summed E-state index contributed by atoms with van der Waals surface area (Å²) in [6.07, 6.45) is 0.702. The number of hydrogen-bond donors (Lipinski definition) is 1. The number of fused-ring (bicyclic) bond motifs is 1. The summed E-state index contributed by atoms with van der Waals surface area (Å²) in [5, 5.41) is 9.98. The molecule has 2 heterocycles. The quantitative estimate of drug-likeness (QED) is 0.115. The van der Waals surface area contributed by atoms with Gasteiger partial charge in [-0.05, 0) is 83.2 Å². The first-order valence-corrected chi connectivity index (χ1v) is 16.6. The Kier molecular flexibility index (Phi) is 10.8. The van der Waals surface area contributed by atoms with Gasteiger partial charge < -0.3 is 19.5 Å². The standard InChI is InChI=1S/C32H31BrCl2N4O4S/c1-4-14-42-30(40)27-19(3)36-31-37-32(44-18-21-8-6-7-9-25(21)35)38-39(31)28(27)22-15-24(33)29(26(16-22)41-5-2)43-17-20-10-12-23(34)13-11-20/h6-13,15-16,28H,4-5,14,17-18H2,1-3H3,(H,36,37,38). The molecule has 1 aliphatic rings. The van der Waals surface area contributed by atoms with Gasteiger partial charge >= 0.3 is 5.97 Å². The summed E-state index contributed by atoms with van der Waals surface area (Å²) in [7, 11) is 0. The number of thioether (sulfide) groups is 1. The van der Waals surface area contributed by atoms with Gasteiger partial charge in [0.05, 0.1) is 23.3 Å². The number of anilines is 1. The van der Waals surface area contributed by atoms with E-state index in [4.69, 9.17) is 47.5 Å². The van der Waals surface area contributed by atoms with Crippen molar-refractivity contribution in [3.63, 3.8) is 0 Å². The maximum atomic E-state index is 13.5. The zero-order valence-electron chi connectivity index (χ0n) is 24.4. The van der Waals surface area contributed by atoms with Crippen LogP contribution in [-0.4, -0.2) is 33.9 Å². The van der Waals surface area contributed by atoms with E-state index in [-0.39, 0.29) is 0 Å². The molecule has 0 radical (unpaired) electrons. The van der Waals surface area contributed by atoms with Gasteiger partial charge in [0, 0.05) is 21.5 Å². The molecule has 0 aliphatic carbocycles. The number of allylic oxidation sites excluding steroid dienone is 1. The average molecular weight is 719 g/mol. The zero-order chi connectivity index (χ0) is 31.2. The molecule has 1 aliphatic heterocycles. The number of benzene rings is 3. The molecule has 12 heteroatoms. The van der Waals surface area contributed by atoms with Crippen LogP contribution in [0.3, 0.4) is 0 Å². The molecule has 3 aromatic carbocycles. The third-order valence-electron chi connectivity index (χ3n) is 6.75. The van der Waals surface area contributed by atoms with Gasteiger partial charge in [0.1, 0.15) is 12.6 Å². The number of aromatic nitrogens is 3. The van der Waals surface area contributed by atoms with Crippen molar-refractivity contribution in [3.05, 3.63) is 103 Å². The van der Waals surface area contributed by atoms with E-state index in [2.05, 4.69) is 21.2 Å². The van der Waals surface area contributed by atoms with Crippen LogP contribution in [0.15, 0.2) is 81.6 Å². The molecule has 0 bridgehead atoms. The molecule has 230 valence electrons. The molecule has 4 aromatic rings. The lowest BCUT2D eigenvalue weighted by atomic mass is 9.95. The molecule has 44 heavy (non-hydrogen) atoms. The number of halogens is 3. The number of nitrogens with one attached hydrogen (secondary N) is 1. The Bertz CT molecular complexity index is 1680. The summed E-state index contributed by atoms with van der Waals surface area (Å²) < 4.78 is 20.3. The minimum absolute atomic E-state index is 0.302. The van der Waals surface area contributed by atoms with E-state index >= 15 is 0 Å². The molecule has 1 unspecified atom stereocenters. The van der Waals surface area contributed by atoms with Crippen molar-refractivity contribution in [3.8, 4) is 11.5 Å². The lowest BCUT2D eigenvalue weighted by Crippen LogP contribution is -2.30. The molecular weight excluding hydrogens is 687 g/mol. The Hall–Kier alpha value is -3.18. The summed E-state index contributed by atoms with van der Waals surface area (Å²) in [5.74, 6) is 1.75. The van der Waals surface area contributed by atoms with Crippen molar-refractivity contribution in [2.45, 2.75) is 50.8 Å². The Labute approximate surface area is 279 Å². The fraction of sp³-hybridized carbons (Fsp3) is 0.281. The highest BCUT2D eigenvalue weighted by atomic mass is 79.9. The van der Waals surface area contributed by atoms with Gasteiger partial charge in [-0.2, -0.15) is 4.98 Å². The van der Waals surface area contributed by atoms with E-state index in [0.29, 0.717) is 80.4 Å². The number of rotatable bonds is 12. The number of esters is 1. The summed E-state index contributed by atoms with van der Waals surface area (Å²) in [6.45, 7) is 6.73. The third-order valence-corrected chi connectivity index (χ3v) is 8.85. The molecule has 5 rings (SSSR count). The molecule has 1 atom stereocenters. The normalized spacial score (nSPS) is 14.2. The molecule has 0 fully saturated rings. The van der Waals surface area contributed by atoms with E-state index in [9.17, 15) is 4.79 Å². The molecule has 1 N–H and O–H groups in total. The maximum absolute atomic E-state index is 13.5. The summed E-state index contributed by atoms with van der Waals surface area (Å²) in [5.41, 5.74) is 3.75. The van der Waals surface area contributed by atoms with E-state index in [1.165, 1.54) is 11.8 Å². The van der Waals surface area contributed by atoms with Crippen LogP contribution in [0.25, 0.3) is 0 Å². The van der Waals surface area contributed by atoms with Gasteiger partial charge in [0.2, 0.25) is 11.1 Å². The Morgan fingerprint density at radius 1 is 1.09 bits per heavy atom. The van der Waals surface area contributed by atoms with Crippen LogP contribution in [0.5, 0.6) is 11.5 Å². The Balaban J connectivity index is 1.52. The molecule has 0 saturated heterocycles. The second kappa shape index (κ2) is 14.7. The smallest absolute Gasteiger partial charge is 0.338 e. The number of hydrogen-bond acceptors (Lipinski definition) is 8. The van der Waals surface area contributed by atoms with E-state index in [1.54, 1.807) is 4.68 Å². The van der Waals surface area contributed by atoms with Gasteiger partial charge in [-0.3, -0.25) is 0 Å². The predicted molar refractivity (Wildman–Crippen MR) is 178 cm³/mol. The van der Waals surface area contributed by atoms with Gasteiger partial charge in [-0.25, -0.2) is 9.48 Å². The summed E-state index contributed by atoms with van der Waals surface area (Å²) in [4.78, 5) is 18.2. The first-order chi connectivity index (χ1) is 21.3. The van der Waals surface area contributed by atoms with Crippen LogP contribution in [0, 0.1) is 0 Å². The molecule has 1 aromatic heterocycles. The number of ether oxygens (including phenoxy) is 3. The fourth-order valence-electron chi connectivity index (χ4n) is 4.68. The molecule has 0 saturated carbocycles. The highest BCUT2D eigenvalue weighted by Crippen LogP contribution is 2.44. The van der Waals surface area contributed by atoms with E-state index < -0.39 is 12.0 Å². The monoisotopic (exact) mass is 716 g/mol. The summed E-state index contributed by atoms with van der Waals surface area (Å²) in [6, 6.07) is 18.3. The lowest BCUT2D eigenvalue weighted by Gasteiger charge is -2.29. The fourth-order valence-corrected chi connectivity index (χ4v) is 6.50. The van der Waals surface area contributed by atoms with Crippen molar-refractivity contribution in [2.75, 3.05) is 18.5 Å². The topological polar surface area (TPSA) is 87.5 Å². The third kappa shape index (κ3) is 7.37. The van der Waals surface area contributed by atoms with Crippen molar-refractivity contribution in [1.29, 1.82) is 0 Å². The molecule has 0 spiro atoms. The highest BCUT2D eigenvalue weighted by Gasteiger charge is 2.36. The maximum Gasteiger partial charge on any atom is 0.338 e. The van der Waals surface area contributed by atoms with Gasteiger partial charge in [-0.1, -0.05) is 72.2 Å². The Morgan fingerprint density at radius 3 is 2.59 bits per heavy atom. The number of carbonyl (C=O) groups excluding carboxylic acids is 1. The Morgan fingerprint density at radius 2 is 1.86 bits per heavy atom. The SMILES string of the molecule is CCCOC(=O)C1=C(C)Nc2nc(SCc3ccccc3Cl)nn2C1c1cc(Br)c(OCc2ccc(Cl)cc2)c(OCC)c1. The highest BCUT2D eigenvalue weighted by molar-refractivity contribution is 9.10. The first kappa shape index (κ1) is 32.2. The predicted octanol–water partition coefficient (Wildman–Crippen LogP) is 8.86. The van der Waals surface area contributed by atoms with Crippen LogP contribution in [0.2, 0.25) is 10.0 Å². The van der Waals surface area contributed by atoms with E-state index in [1.807, 2.05) is 81.4 Å². The lowest BCUT2D eigenvalue weighted by molar-refractivity contribution is -0.139. The molecule has 8 nitrogen and oxygen atoms in total. The van der Waals surface area contributed by atoms with Crippen molar-refractivity contribution >= 4 is 62.8 Å². The zero-order valence-corrected chi connectivity index (χ0v) is 28.3. The van der Waals surface area contributed by atoms with Crippen molar-refractivity contribution in [1.82, 2.24) is 14.8 Å². The van der Waals surface area contributed by atoms with Gasteiger partial charge in [0.15, 0.2) is 11.5 Å². The number of nitrogens with zero attached hydrogens (tertiary/aromatic N) is 3. The van der Waals surface area contributed by atoms with Gasteiger partial charge in [-0.15, -0.1) is 5.10 Å². The second-order valence-corrected chi connectivity index (χ2v) is 12.6. The van der Waals surface area contributed by atoms with Crippen LogP contribution < -0.4 is 14.8 Å².